The van der Waals surface area contributed by atoms with Crippen LogP contribution in [0.3, 0.4) is 0 Å². The molecule has 0 unspecified atom stereocenters. The van der Waals surface area contributed by atoms with Crippen molar-refractivity contribution in [3.05, 3.63) is 59.5 Å². The molecular formula is C20H23N3S. The van der Waals surface area contributed by atoms with Crippen molar-refractivity contribution < 1.29 is 0 Å². The lowest BCUT2D eigenvalue weighted by Crippen LogP contribution is -2.21. The highest BCUT2D eigenvalue weighted by Gasteiger charge is 2.06. The SMILES string of the molecule is CCN(CC)c1ccc(Nc2nc(-c3ccc(C)cc3)cs2)cc1. The van der Waals surface area contributed by atoms with Crippen molar-refractivity contribution in [3.8, 4) is 11.3 Å². The highest BCUT2D eigenvalue weighted by Crippen LogP contribution is 2.28. The molecule has 0 fully saturated rings. The number of nitrogens with zero attached hydrogens (tertiary/aromatic N) is 2. The second kappa shape index (κ2) is 7.49. The van der Waals surface area contributed by atoms with Gasteiger partial charge in [0.15, 0.2) is 5.13 Å². The van der Waals surface area contributed by atoms with Crippen LogP contribution in [0.5, 0.6) is 0 Å². The Hall–Kier alpha value is -2.33. The summed E-state index contributed by atoms with van der Waals surface area (Å²) in [6, 6.07) is 17.0. The highest BCUT2D eigenvalue weighted by atomic mass is 32.1. The molecular weight excluding hydrogens is 314 g/mol. The predicted octanol–water partition coefficient (Wildman–Crippen LogP) is 5.71. The lowest BCUT2D eigenvalue weighted by atomic mass is 10.1. The van der Waals surface area contributed by atoms with Crippen molar-refractivity contribution in [3.63, 3.8) is 0 Å². The summed E-state index contributed by atoms with van der Waals surface area (Å²) in [6.07, 6.45) is 0. The standard InChI is InChI=1S/C20H23N3S/c1-4-23(5-2)18-12-10-17(11-13-18)21-20-22-19(14-24-20)16-8-6-15(3)7-9-16/h6-14H,4-5H2,1-3H3,(H,21,22). The minimum Gasteiger partial charge on any atom is -0.372 e. The van der Waals surface area contributed by atoms with Crippen LogP contribution in [0, 0.1) is 6.92 Å². The lowest BCUT2D eigenvalue weighted by molar-refractivity contribution is 0.866. The molecule has 0 radical (unpaired) electrons. The van der Waals surface area contributed by atoms with Crippen molar-refractivity contribution in [2.45, 2.75) is 20.8 Å². The molecule has 0 saturated heterocycles. The summed E-state index contributed by atoms with van der Waals surface area (Å²) in [5.41, 5.74) is 5.76. The third kappa shape index (κ3) is 3.77. The number of anilines is 3. The van der Waals surface area contributed by atoms with Gasteiger partial charge in [-0.05, 0) is 45.0 Å². The minimum absolute atomic E-state index is 0.918. The van der Waals surface area contributed by atoms with Gasteiger partial charge in [0.2, 0.25) is 0 Å². The van der Waals surface area contributed by atoms with E-state index in [1.54, 1.807) is 11.3 Å². The van der Waals surface area contributed by atoms with Gasteiger partial charge in [-0.2, -0.15) is 0 Å². The Morgan fingerprint density at radius 2 is 1.62 bits per heavy atom. The van der Waals surface area contributed by atoms with Crippen LogP contribution in [0.4, 0.5) is 16.5 Å². The summed E-state index contributed by atoms with van der Waals surface area (Å²) < 4.78 is 0. The van der Waals surface area contributed by atoms with Crippen LogP contribution < -0.4 is 10.2 Å². The predicted molar refractivity (Wildman–Crippen MR) is 106 cm³/mol. The van der Waals surface area contributed by atoms with Crippen LogP contribution in [-0.2, 0) is 0 Å². The highest BCUT2D eigenvalue weighted by molar-refractivity contribution is 7.14. The van der Waals surface area contributed by atoms with E-state index in [4.69, 9.17) is 4.98 Å². The summed E-state index contributed by atoms with van der Waals surface area (Å²) in [5, 5.41) is 6.41. The number of thiazole rings is 1. The van der Waals surface area contributed by atoms with E-state index in [0.717, 1.165) is 35.2 Å². The average molecular weight is 337 g/mol. The van der Waals surface area contributed by atoms with Crippen molar-refractivity contribution in [1.29, 1.82) is 0 Å². The van der Waals surface area contributed by atoms with Gasteiger partial charge in [0.05, 0.1) is 5.69 Å². The molecule has 3 rings (SSSR count). The molecule has 0 saturated carbocycles. The van der Waals surface area contributed by atoms with E-state index in [9.17, 15) is 0 Å². The van der Waals surface area contributed by atoms with Gasteiger partial charge in [-0.1, -0.05) is 29.8 Å². The number of nitrogens with one attached hydrogen (secondary N) is 1. The normalized spacial score (nSPS) is 10.6. The fourth-order valence-corrected chi connectivity index (χ4v) is 3.40. The number of rotatable bonds is 6. The minimum atomic E-state index is 0.918. The number of benzene rings is 2. The molecule has 0 aliphatic carbocycles. The molecule has 0 bridgehead atoms. The fourth-order valence-electron chi connectivity index (χ4n) is 2.66. The first kappa shape index (κ1) is 16.5. The number of hydrogen-bond donors (Lipinski definition) is 1. The Balaban J connectivity index is 1.71. The fraction of sp³-hybridized carbons (Fsp3) is 0.250. The molecule has 0 amide bonds. The van der Waals surface area contributed by atoms with Gasteiger partial charge < -0.3 is 10.2 Å². The van der Waals surface area contributed by atoms with Crippen molar-refractivity contribution in [1.82, 2.24) is 4.98 Å². The molecule has 0 atom stereocenters. The van der Waals surface area contributed by atoms with Gasteiger partial charge >= 0.3 is 0 Å². The van der Waals surface area contributed by atoms with Crippen LogP contribution in [-0.4, -0.2) is 18.1 Å². The van der Waals surface area contributed by atoms with Crippen LogP contribution in [0.2, 0.25) is 0 Å². The molecule has 0 aliphatic rings. The Kier molecular flexibility index (Phi) is 5.16. The van der Waals surface area contributed by atoms with Gasteiger partial charge in [0.1, 0.15) is 0 Å². The second-order valence-electron chi connectivity index (χ2n) is 5.75. The van der Waals surface area contributed by atoms with E-state index in [0.29, 0.717) is 0 Å². The number of aromatic nitrogens is 1. The van der Waals surface area contributed by atoms with Crippen LogP contribution in [0.1, 0.15) is 19.4 Å². The zero-order chi connectivity index (χ0) is 16.9. The first-order chi connectivity index (χ1) is 11.7. The third-order valence-electron chi connectivity index (χ3n) is 4.10. The van der Waals surface area contributed by atoms with E-state index in [2.05, 4.69) is 84.9 Å². The maximum Gasteiger partial charge on any atom is 0.187 e. The first-order valence-electron chi connectivity index (χ1n) is 8.34. The topological polar surface area (TPSA) is 28.2 Å². The van der Waals surface area contributed by atoms with Crippen molar-refractivity contribution in [2.24, 2.45) is 0 Å². The van der Waals surface area contributed by atoms with Gasteiger partial charge in [-0.15, -0.1) is 11.3 Å². The summed E-state index contributed by atoms with van der Waals surface area (Å²) in [6.45, 7) is 8.50. The molecule has 1 heterocycles. The number of hydrogen-bond acceptors (Lipinski definition) is 4. The van der Waals surface area contributed by atoms with Crippen LogP contribution >= 0.6 is 11.3 Å². The van der Waals surface area contributed by atoms with Crippen molar-refractivity contribution in [2.75, 3.05) is 23.3 Å². The van der Waals surface area contributed by atoms with E-state index in [-0.39, 0.29) is 0 Å². The lowest BCUT2D eigenvalue weighted by Gasteiger charge is -2.21. The molecule has 2 aromatic carbocycles. The third-order valence-corrected chi connectivity index (χ3v) is 4.86. The summed E-state index contributed by atoms with van der Waals surface area (Å²) in [4.78, 5) is 7.03. The maximum absolute atomic E-state index is 4.69. The van der Waals surface area contributed by atoms with Gasteiger partial charge in [0, 0.05) is 35.4 Å². The summed E-state index contributed by atoms with van der Waals surface area (Å²) >= 11 is 1.63. The van der Waals surface area contributed by atoms with Crippen molar-refractivity contribution >= 4 is 27.8 Å². The quantitative estimate of drug-likeness (QED) is 0.624. The molecule has 0 spiro atoms. The summed E-state index contributed by atoms with van der Waals surface area (Å²) in [7, 11) is 0. The van der Waals surface area contributed by atoms with E-state index in [1.165, 1.54) is 11.3 Å². The Morgan fingerprint density at radius 1 is 0.958 bits per heavy atom. The second-order valence-corrected chi connectivity index (χ2v) is 6.61. The Morgan fingerprint density at radius 3 is 2.25 bits per heavy atom. The van der Waals surface area contributed by atoms with E-state index in [1.807, 2.05) is 0 Å². The van der Waals surface area contributed by atoms with Gasteiger partial charge in [0.25, 0.3) is 0 Å². The largest absolute Gasteiger partial charge is 0.372 e. The molecule has 1 aromatic heterocycles. The van der Waals surface area contributed by atoms with E-state index >= 15 is 0 Å². The van der Waals surface area contributed by atoms with Crippen LogP contribution in [0.15, 0.2) is 53.9 Å². The Bertz CT molecular complexity index is 771. The van der Waals surface area contributed by atoms with E-state index < -0.39 is 0 Å². The maximum atomic E-state index is 4.69. The average Bonchev–Trinajstić information content (AvgIpc) is 3.06. The van der Waals surface area contributed by atoms with Gasteiger partial charge in [-0.25, -0.2) is 4.98 Å². The molecule has 24 heavy (non-hydrogen) atoms. The molecule has 1 N–H and O–H groups in total. The summed E-state index contributed by atoms with van der Waals surface area (Å²) in [5.74, 6) is 0. The number of aryl methyl sites for hydroxylation is 1. The Labute approximate surface area is 148 Å². The molecule has 124 valence electrons. The smallest absolute Gasteiger partial charge is 0.187 e. The monoisotopic (exact) mass is 337 g/mol. The molecule has 3 aromatic rings. The molecule has 0 aliphatic heterocycles. The molecule has 4 heteroatoms. The molecule has 3 nitrogen and oxygen atoms in total. The first-order valence-corrected chi connectivity index (χ1v) is 9.22. The zero-order valence-corrected chi connectivity index (χ0v) is 15.2. The van der Waals surface area contributed by atoms with Crippen LogP contribution in [0.25, 0.3) is 11.3 Å². The van der Waals surface area contributed by atoms with Gasteiger partial charge in [-0.3, -0.25) is 0 Å². The zero-order valence-electron chi connectivity index (χ0n) is 14.4.